The van der Waals surface area contributed by atoms with Crippen molar-refractivity contribution in [1.82, 2.24) is 9.88 Å². The number of aryl methyl sites for hydroxylation is 1. The molecule has 3 heterocycles. The van der Waals surface area contributed by atoms with Crippen LogP contribution in [0.1, 0.15) is 42.8 Å². The second-order valence-electron chi connectivity index (χ2n) is 6.23. The summed E-state index contributed by atoms with van der Waals surface area (Å²) in [4.78, 5) is 12.1. The number of fused-ring (bicyclic) bond motifs is 1. The van der Waals surface area contributed by atoms with Crippen LogP contribution in [-0.4, -0.2) is 26.8 Å². The summed E-state index contributed by atoms with van der Waals surface area (Å²) < 4.78 is 0. The van der Waals surface area contributed by atoms with Crippen molar-refractivity contribution in [2.75, 3.05) is 6.54 Å². The maximum atomic E-state index is 5.01. The van der Waals surface area contributed by atoms with E-state index in [1.807, 2.05) is 24.0 Å². The van der Waals surface area contributed by atoms with E-state index >= 15 is 0 Å². The second-order valence-corrected chi connectivity index (χ2v) is 7.64. The van der Waals surface area contributed by atoms with Gasteiger partial charge in [0, 0.05) is 18.0 Å². The van der Waals surface area contributed by atoms with Gasteiger partial charge in [0.25, 0.3) is 0 Å². The Morgan fingerprint density at radius 3 is 2.70 bits per heavy atom. The van der Waals surface area contributed by atoms with E-state index in [4.69, 9.17) is 4.99 Å². The molecule has 0 aliphatic carbocycles. The average Bonchev–Trinajstić information content (AvgIpc) is 3.11. The van der Waals surface area contributed by atoms with Crippen molar-refractivity contribution in [3.8, 4) is 0 Å². The molecule has 0 bridgehead atoms. The van der Waals surface area contributed by atoms with Crippen molar-refractivity contribution < 1.29 is 0 Å². The maximum absolute atomic E-state index is 5.01. The summed E-state index contributed by atoms with van der Waals surface area (Å²) in [6.45, 7) is 5.53. The Balaban J connectivity index is 1.74. The molecule has 0 spiro atoms. The molecule has 1 aromatic carbocycles. The molecule has 0 saturated carbocycles. The molecule has 23 heavy (non-hydrogen) atoms. The first kappa shape index (κ1) is 14.8. The summed E-state index contributed by atoms with van der Waals surface area (Å²) in [6, 6.07) is 15.5. The van der Waals surface area contributed by atoms with Gasteiger partial charge in [0.1, 0.15) is 6.04 Å². The molecule has 4 heteroatoms. The predicted molar refractivity (Wildman–Crippen MR) is 96.7 cm³/mol. The number of nitrogens with zero attached hydrogens (tertiary/aromatic N) is 3. The van der Waals surface area contributed by atoms with Crippen LogP contribution in [0.25, 0.3) is 0 Å². The summed E-state index contributed by atoms with van der Waals surface area (Å²) in [7, 11) is 0. The van der Waals surface area contributed by atoms with Gasteiger partial charge in [0.15, 0.2) is 5.17 Å². The van der Waals surface area contributed by atoms with E-state index in [1.54, 1.807) is 0 Å². The van der Waals surface area contributed by atoms with Crippen LogP contribution in [0.15, 0.2) is 53.7 Å². The average molecular weight is 323 g/mol. The third-order valence-electron chi connectivity index (χ3n) is 4.61. The van der Waals surface area contributed by atoms with Crippen molar-refractivity contribution in [2.45, 2.75) is 37.6 Å². The Morgan fingerprint density at radius 1 is 1.17 bits per heavy atom. The number of aliphatic imine (C=N–C) groups is 1. The molecule has 0 amide bonds. The number of thioether (sulfide) groups is 1. The molecule has 1 aromatic heterocycles. The number of amidine groups is 1. The van der Waals surface area contributed by atoms with Gasteiger partial charge in [-0.25, -0.2) is 0 Å². The topological polar surface area (TPSA) is 28.5 Å². The highest BCUT2D eigenvalue weighted by Gasteiger charge is 2.43. The van der Waals surface area contributed by atoms with Gasteiger partial charge in [-0.3, -0.25) is 9.98 Å². The first-order valence-corrected chi connectivity index (χ1v) is 9.15. The van der Waals surface area contributed by atoms with E-state index < -0.39 is 0 Å². The molecule has 1 fully saturated rings. The molecule has 0 N–H and O–H groups in total. The number of benzene rings is 1. The number of rotatable bonds is 3. The van der Waals surface area contributed by atoms with E-state index in [1.165, 1.54) is 16.3 Å². The molecule has 3 atom stereocenters. The van der Waals surface area contributed by atoms with Gasteiger partial charge in [-0.15, -0.1) is 0 Å². The first-order valence-electron chi connectivity index (χ1n) is 8.27. The molecule has 118 valence electrons. The van der Waals surface area contributed by atoms with Crippen LogP contribution in [0.2, 0.25) is 0 Å². The fraction of sp³-hybridized carbons (Fsp3) is 0.368. The second kappa shape index (κ2) is 6.00. The minimum Gasteiger partial charge on any atom is -0.341 e. The third-order valence-corrected chi connectivity index (χ3v) is 5.71. The fourth-order valence-corrected chi connectivity index (χ4v) is 4.52. The summed E-state index contributed by atoms with van der Waals surface area (Å²) in [6.07, 6.45) is 2.94. The zero-order valence-corrected chi connectivity index (χ0v) is 14.3. The van der Waals surface area contributed by atoms with Crippen molar-refractivity contribution in [1.29, 1.82) is 0 Å². The summed E-state index contributed by atoms with van der Waals surface area (Å²) in [5, 5.41) is 1.79. The lowest BCUT2D eigenvalue weighted by molar-refractivity contribution is 0.321. The van der Waals surface area contributed by atoms with Gasteiger partial charge in [-0.2, -0.15) is 0 Å². The number of pyridine rings is 1. The SMILES string of the molecule is CCc1ccc([C@@H]2[C@@H](c3ccccn3)N=C3S[C@H](C)CN32)cc1. The van der Waals surface area contributed by atoms with Crippen molar-refractivity contribution >= 4 is 16.9 Å². The van der Waals surface area contributed by atoms with Crippen LogP contribution in [0, 0.1) is 0 Å². The summed E-state index contributed by atoms with van der Waals surface area (Å²) in [5.41, 5.74) is 3.78. The number of hydrogen-bond acceptors (Lipinski definition) is 4. The Bertz CT molecular complexity index is 711. The highest BCUT2D eigenvalue weighted by Crippen LogP contribution is 2.47. The van der Waals surface area contributed by atoms with Crippen LogP contribution >= 0.6 is 11.8 Å². The van der Waals surface area contributed by atoms with Crippen molar-refractivity contribution in [3.63, 3.8) is 0 Å². The largest absolute Gasteiger partial charge is 0.341 e. The van der Waals surface area contributed by atoms with E-state index in [0.717, 1.165) is 18.7 Å². The summed E-state index contributed by atoms with van der Waals surface area (Å²) >= 11 is 1.89. The van der Waals surface area contributed by atoms with Crippen LogP contribution < -0.4 is 0 Å². The Kier molecular flexibility index (Phi) is 3.85. The predicted octanol–water partition coefficient (Wildman–Crippen LogP) is 4.23. The lowest BCUT2D eigenvalue weighted by Crippen LogP contribution is -2.28. The fourth-order valence-electron chi connectivity index (χ4n) is 3.43. The Hall–Kier alpha value is -1.81. The highest BCUT2D eigenvalue weighted by atomic mass is 32.2. The molecular formula is C19H21N3S. The smallest absolute Gasteiger partial charge is 0.160 e. The van der Waals surface area contributed by atoms with Gasteiger partial charge in [0.05, 0.1) is 11.7 Å². The van der Waals surface area contributed by atoms with Crippen LogP contribution in [0.5, 0.6) is 0 Å². The van der Waals surface area contributed by atoms with E-state index in [2.05, 4.69) is 60.1 Å². The quantitative estimate of drug-likeness (QED) is 0.846. The van der Waals surface area contributed by atoms with E-state index in [0.29, 0.717) is 5.25 Å². The minimum atomic E-state index is 0.0960. The lowest BCUT2D eigenvalue weighted by Gasteiger charge is -2.27. The van der Waals surface area contributed by atoms with Crippen LogP contribution in [-0.2, 0) is 6.42 Å². The van der Waals surface area contributed by atoms with Gasteiger partial charge < -0.3 is 4.90 Å². The van der Waals surface area contributed by atoms with Gasteiger partial charge in [0.2, 0.25) is 0 Å². The van der Waals surface area contributed by atoms with Gasteiger partial charge in [-0.05, 0) is 29.7 Å². The van der Waals surface area contributed by atoms with Crippen molar-refractivity contribution in [2.24, 2.45) is 4.99 Å². The molecule has 3 nitrogen and oxygen atoms in total. The Morgan fingerprint density at radius 2 is 2.00 bits per heavy atom. The van der Waals surface area contributed by atoms with Crippen molar-refractivity contribution in [3.05, 3.63) is 65.5 Å². The van der Waals surface area contributed by atoms with Gasteiger partial charge in [-0.1, -0.05) is 55.9 Å². The number of hydrogen-bond donors (Lipinski definition) is 0. The molecule has 1 saturated heterocycles. The molecule has 4 rings (SSSR count). The molecule has 0 radical (unpaired) electrons. The van der Waals surface area contributed by atoms with Crippen LogP contribution in [0.3, 0.4) is 0 Å². The lowest BCUT2D eigenvalue weighted by atomic mass is 9.95. The standard InChI is InChI=1S/C19H21N3S/c1-3-14-7-9-15(10-8-14)18-17(16-6-4-5-11-20-16)21-19-22(18)12-13(2)23-19/h4-11,13,17-18H,3,12H2,1-2H3/t13-,17-,18-/m1/s1. The summed E-state index contributed by atoms with van der Waals surface area (Å²) in [5.74, 6) is 0. The van der Waals surface area contributed by atoms with E-state index in [9.17, 15) is 0 Å². The molecule has 2 aliphatic rings. The molecular weight excluding hydrogens is 302 g/mol. The Labute approximate surface area is 141 Å². The minimum absolute atomic E-state index is 0.0960. The van der Waals surface area contributed by atoms with Gasteiger partial charge >= 0.3 is 0 Å². The molecule has 2 aliphatic heterocycles. The number of aromatic nitrogens is 1. The molecule has 2 aromatic rings. The van der Waals surface area contributed by atoms with E-state index in [-0.39, 0.29) is 12.1 Å². The normalized spacial score (nSPS) is 26.3. The maximum Gasteiger partial charge on any atom is 0.160 e. The third kappa shape index (κ3) is 2.65. The highest BCUT2D eigenvalue weighted by molar-refractivity contribution is 8.14. The monoisotopic (exact) mass is 323 g/mol. The van der Waals surface area contributed by atoms with Crippen LogP contribution in [0.4, 0.5) is 0 Å². The molecule has 0 unspecified atom stereocenters. The zero-order chi connectivity index (χ0) is 15.8. The first-order chi connectivity index (χ1) is 11.3. The zero-order valence-electron chi connectivity index (χ0n) is 13.5.